The van der Waals surface area contributed by atoms with E-state index in [-0.39, 0.29) is 0 Å². The van der Waals surface area contributed by atoms with Gasteiger partial charge in [-0.1, -0.05) is 12.1 Å². The van der Waals surface area contributed by atoms with Crippen LogP contribution in [0.25, 0.3) is 33.7 Å². The van der Waals surface area contributed by atoms with Crippen molar-refractivity contribution >= 4 is 16.9 Å². The molecule has 7 nitrogen and oxygen atoms in total. The lowest BCUT2D eigenvalue weighted by Crippen LogP contribution is -2.44. The largest absolute Gasteiger partial charge is 0.369 e. The number of benzene rings is 1. The number of aromatic amines is 1. The maximum Gasteiger partial charge on any atom is 0.156 e. The molecule has 1 saturated heterocycles. The minimum Gasteiger partial charge on any atom is -0.369 e. The van der Waals surface area contributed by atoms with Gasteiger partial charge in [0.05, 0.1) is 17.6 Å². The van der Waals surface area contributed by atoms with E-state index in [9.17, 15) is 0 Å². The number of aromatic nitrogens is 5. The Morgan fingerprint density at radius 2 is 1.75 bits per heavy atom. The van der Waals surface area contributed by atoms with E-state index >= 15 is 0 Å². The molecule has 1 aliphatic rings. The molecule has 7 heteroatoms. The molecule has 142 valence electrons. The predicted molar refractivity (Wildman–Crippen MR) is 111 cm³/mol. The molecule has 0 aliphatic carbocycles. The quantitative estimate of drug-likeness (QED) is 0.598. The molecular formula is C21H23N7. The van der Waals surface area contributed by atoms with E-state index in [0.717, 1.165) is 59.9 Å². The molecule has 1 N–H and O–H groups in total. The molecule has 1 aliphatic heterocycles. The Bertz CT molecular complexity index is 1100. The smallest absolute Gasteiger partial charge is 0.156 e. The second-order valence-corrected chi connectivity index (χ2v) is 7.33. The van der Waals surface area contributed by atoms with Crippen LogP contribution in [-0.4, -0.2) is 62.9 Å². The molecule has 0 atom stereocenters. The van der Waals surface area contributed by atoms with Crippen LogP contribution in [-0.2, 0) is 7.05 Å². The van der Waals surface area contributed by atoms with Crippen molar-refractivity contribution in [3.05, 3.63) is 48.9 Å². The van der Waals surface area contributed by atoms with Gasteiger partial charge < -0.3 is 14.8 Å². The lowest BCUT2D eigenvalue weighted by Gasteiger charge is -2.34. The van der Waals surface area contributed by atoms with Crippen molar-refractivity contribution in [2.24, 2.45) is 7.05 Å². The molecule has 3 aromatic heterocycles. The van der Waals surface area contributed by atoms with Gasteiger partial charge >= 0.3 is 0 Å². The number of anilines is 1. The molecule has 28 heavy (non-hydrogen) atoms. The van der Waals surface area contributed by atoms with Crippen LogP contribution in [0.5, 0.6) is 0 Å². The van der Waals surface area contributed by atoms with E-state index in [4.69, 9.17) is 4.98 Å². The van der Waals surface area contributed by atoms with Crippen molar-refractivity contribution in [2.45, 2.75) is 0 Å². The highest BCUT2D eigenvalue weighted by atomic mass is 15.3. The zero-order valence-corrected chi connectivity index (χ0v) is 16.1. The standard InChI is InChI=1S/C21H23N7/c1-26-9-11-28(12-10-26)16-5-3-15(4-6-16)18-14-23-21-20(25-18)17(13-22-21)19-7-8-24-27(19)2/h3-8,13-14H,9-12H2,1-2H3,(H,22,23). The van der Waals surface area contributed by atoms with E-state index in [2.05, 4.69) is 56.2 Å². The summed E-state index contributed by atoms with van der Waals surface area (Å²) in [6.07, 6.45) is 5.57. The molecule has 0 amide bonds. The van der Waals surface area contributed by atoms with Gasteiger partial charge in [-0.15, -0.1) is 0 Å². The third-order valence-electron chi connectivity index (χ3n) is 5.51. The summed E-state index contributed by atoms with van der Waals surface area (Å²) in [7, 11) is 4.11. The fraction of sp³-hybridized carbons (Fsp3) is 0.286. The number of nitrogens with one attached hydrogen (secondary N) is 1. The number of nitrogens with zero attached hydrogens (tertiary/aromatic N) is 6. The molecule has 1 aromatic carbocycles. The van der Waals surface area contributed by atoms with Gasteiger partial charge in [0.25, 0.3) is 0 Å². The molecule has 0 saturated carbocycles. The first kappa shape index (κ1) is 16.9. The number of fused-ring (bicyclic) bond motifs is 1. The maximum atomic E-state index is 4.90. The molecule has 4 aromatic rings. The van der Waals surface area contributed by atoms with Crippen molar-refractivity contribution in [1.29, 1.82) is 0 Å². The van der Waals surface area contributed by atoms with Crippen LogP contribution >= 0.6 is 0 Å². The summed E-state index contributed by atoms with van der Waals surface area (Å²) in [4.78, 5) is 17.5. The van der Waals surface area contributed by atoms with Crippen molar-refractivity contribution in [3.8, 4) is 22.5 Å². The maximum absolute atomic E-state index is 4.90. The zero-order chi connectivity index (χ0) is 19.1. The van der Waals surface area contributed by atoms with Gasteiger partial charge in [0.1, 0.15) is 5.52 Å². The highest BCUT2D eigenvalue weighted by molar-refractivity contribution is 5.90. The zero-order valence-electron chi connectivity index (χ0n) is 16.1. The van der Waals surface area contributed by atoms with E-state index in [0.29, 0.717) is 0 Å². The number of piperazine rings is 1. The van der Waals surface area contributed by atoms with Crippen LogP contribution < -0.4 is 4.90 Å². The molecule has 5 rings (SSSR count). The Labute approximate surface area is 163 Å². The topological polar surface area (TPSA) is 65.9 Å². The Kier molecular flexibility index (Phi) is 4.09. The first-order chi connectivity index (χ1) is 13.7. The summed E-state index contributed by atoms with van der Waals surface area (Å²) in [5.74, 6) is 0. The molecule has 0 spiro atoms. The monoisotopic (exact) mass is 373 g/mol. The van der Waals surface area contributed by atoms with Gasteiger partial charge in [0, 0.05) is 62.4 Å². The second-order valence-electron chi connectivity index (χ2n) is 7.33. The number of H-pyrrole nitrogens is 1. The van der Waals surface area contributed by atoms with Gasteiger partial charge in [-0.3, -0.25) is 4.68 Å². The fourth-order valence-corrected chi connectivity index (χ4v) is 3.77. The van der Waals surface area contributed by atoms with E-state index in [1.807, 2.05) is 30.2 Å². The van der Waals surface area contributed by atoms with Crippen LogP contribution in [0.15, 0.2) is 48.9 Å². The summed E-state index contributed by atoms with van der Waals surface area (Å²) in [6.45, 7) is 4.35. The second kappa shape index (κ2) is 6.76. The van der Waals surface area contributed by atoms with Crippen LogP contribution in [0, 0.1) is 0 Å². The Morgan fingerprint density at radius 1 is 0.964 bits per heavy atom. The first-order valence-electron chi connectivity index (χ1n) is 9.55. The molecule has 0 radical (unpaired) electrons. The Balaban J connectivity index is 1.47. The third-order valence-corrected chi connectivity index (χ3v) is 5.51. The molecule has 0 unspecified atom stereocenters. The van der Waals surface area contributed by atoms with E-state index in [1.165, 1.54) is 5.69 Å². The third kappa shape index (κ3) is 2.93. The summed E-state index contributed by atoms with van der Waals surface area (Å²) in [5, 5.41) is 4.27. The highest BCUT2D eigenvalue weighted by Crippen LogP contribution is 2.28. The van der Waals surface area contributed by atoms with Gasteiger partial charge in [-0.25, -0.2) is 9.97 Å². The summed E-state index contributed by atoms with van der Waals surface area (Å²) >= 11 is 0. The SMILES string of the molecule is CN1CCN(c2ccc(-c3cnc4[nH]cc(-c5ccnn5C)c4n3)cc2)CC1. The minimum atomic E-state index is 0.786. The number of hydrogen-bond acceptors (Lipinski definition) is 5. The number of hydrogen-bond donors (Lipinski definition) is 1. The van der Waals surface area contributed by atoms with Crippen LogP contribution in [0.1, 0.15) is 0 Å². The van der Waals surface area contributed by atoms with Gasteiger partial charge in [-0.2, -0.15) is 5.10 Å². The predicted octanol–water partition coefficient (Wildman–Crippen LogP) is 2.78. The van der Waals surface area contributed by atoms with Crippen molar-refractivity contribution in [1.82, 2.24) is 29.6 Å². The number of rotatable bonds is 3. The van der Waals surface area contributed by atoms with Gasteiger partial charge in [0.2, 0.25) is 0 Å². The summed E-state index contributed by atoms with van der Waals surface area (Å²) in [5.41, 5.74) is 6.90. The van der Waals surface area contributed by atoms with E-state index < -0.39 is 0 Å². The lowest BCUT2D eigenvalue weighted by molar-refractivity contribution is 0.313. The molecule has 4 heterocycles. The first-order valence-corrected chi connectivity index (χ1v) is 9.55. The van der Waals surface area contributed by atoms with Crippen LogP contribution in [0.3, 0.4) is 0 Å². The number of aryl methyl sites for hydroxylation is 1. The van der Waals surface area contributed by atoms with Gasteiger partial charge in [-0.05, 0) is 25.2 Å². The Morgan fingerprint density at radius 3 is 2.46 bits per heavy atom. The van der Waals surface area contributed by atoms with Crippen molar-refractivity contribution < 1.29 is 0 Å². The molecular weight excluding hydrogens is 350 g/mol. The average molecular weight is 373 g/mol. The summed E-state index contributed by atoms with van der Waals surface area (Å²) in [6, 6.07) is 10.6. The molecule has 1 fully saturated rings. The number of likely N-dealkylation sites (N-methyl/N-ethyl adjacent to an activating group) is 1. The molecule has 0 bridgehead atoms. The van der Waals surface area contributed by atoms with Gasteiger partial charge in [0.15, 0.2) is 5.65 Å². The van der Waals surface area contributed by atoms with E-state index in [1.54, 1.807) is 6.20 Å². The fourth-order valence-electron chi connectivity index (χ4n) is 3.77. The summed E-state index contributed by atoms with van der Waals surface area (Å²) < 4.78 is 1.85. The van der Waals surface area contributed by atoms with Crippen LogP contribution in [0.4, 0.5) is 5.69 Å². The minimum absolute atomic E-state index is 0.786. The Hall–Kier alpha value is -3.19. The normalized spacial score (nSPS) is 15.4. The van der Waals surface area contributed by atoms with Crippen LogP contribution in [0.2, 0.25) is 0 Å². The highest BCUT2D eigenvalue weighted by Gasteiger charge is 2.15. The van der Waals surface area contributed by atoms with Crippen molar-refractivity contribution in [2.75, 3.05) is 38.1 Å². The average Bonchev–Trinajstić information content (AvgIpc) is 3.34. The van der Waals surface area contributed by atoms with Crippen molar-refractivity contribution in [3.63, 3.8) is 0 Å². The lowest BCUT2D eigenvalue weighted by atomic mass is 10.1.